The Kier molecular flexibility index (Phi) is 3.53. The van der Waals surface area contributed by atoms with Crippen LogP contribution in [0.2, 0.25) is 5.32 Å². The molecule has 3 heteroatoms. The first-order valence-electron chi connectivity index (χ1n) is 6.89. The molecule has 0 spiro atoms. The van der Waals surface area contributed by atoms with E-state index in [1.807, 2.05) is 6.07 Å². The Labute approximate surface area is 126 Å². The fourth-order valence-electron chi connectivity index (χ4n) is 3.90. The molecule has 2 bridgehead atoms. The molecular weight excluding hydrogens is 323 g/mol. The topological polar surface area (TPSA) is 17.1 Å². The van der Waals surface area contributed by atoms with Crippen LogP contribution in [0.1, 0.15) is 26.2 Å². The molecule has 2 saturated carbocycles. The molecule has 0 N–H and O–H groups in total. The maximum absolute atomic E-state index is 12.5. The third kappa shape index (κ3) is 1.92. The van der Waals surface area contributed by atoms with Gasteiger partial charge in [0.15, 0.2) is 0 Å². The first-order valence-corrected chi connectivity index (χ1v) is 9.50. The number of carbonyl (C=O) groups is 1. The fraction of sp³-hybridized carbons (Fsp3) is 0.562. The van der Waals surface area contributed by atoms with Gasteiger partial charge in [0.2, 0.25) is 0 Å². The van der Waals surface area contributed by atoms with E-state index in [1.54, 1.807) is 0 Å². The first-order chi connectivity index (χ1) is 9.12. The normalized spacial score (nSPS) is 36.9. The summed E-state index contributed by atoms with van der Waals surface area (Å²) in [5.74, 6) is 1.66. The molecular formula is C16H19ClOSe. The van der Waals surface area contributed by atoms with Crippen LogP contribution in [0.4, 0.5) is 0 Å². The summed E-state index contributed by atoms with van der Waals surface area (Å²) in [5, 5.41) is 1.03. The number of halogens is 1. The molecule has 1 nitrogen and oxygen atoms in total. The van der Waals surface area contributed by atoms with Gasteiger partial charge >= 0.3 is 126 Å². The predicted octanol–water partition coefficient (Wildman–Crippen LogP) is 3.05. The van der Waals surface area contributed by atoms with Gasteiger partial charge in [-0.25, -0.2) is 0 Å². The van der Waals surface area contributed by atoms with Crippen LogP contribution < -0.4 is 4.46 Å². The molecule has 1 aromatic carbocycles. The molecule has 2 fully saturated rings. The monoisotopic (exact) mass is 342 g/mol. The predicted molar refractivity (Wildman–Crippen MR) is 80.2 cm³/mol. The van der Waals surface area contributed by atoms with Crippen LogP contribution >= 0.6 is 11.6 Å². The zero-order chi connectivity index (χ0) is 13.5. The molecule has 1 aromatic rings. The van der Waals surface area contributed by atoms with Gasteiger partial charge in [0.1, 0.15) is 0 Å². The van der Waals surface area contributed by atoms with Gasteiger partial charge in [0.25, 0.3) is 0 Å². The van der Waals surface area contributed by atoms with E-state index >= 15 is 0 Å². The Morgan fingerprint density at radius 3 is 2.74 bits per heavy atom. The van der Waals surface area contributed by atoms with E-state index in [2.05, 4.69) is 31.2 Å². The van der Waals surface area contributed by atoms with Crippen LogP contribution in [0.3, 0.4) is 0 Å². The molecule has 0 heterocycles. The maximum atomic E-state index is 12.5. The molecule has 3 atom stereocenters. The summed E-state index contributed by atoms with van der Waals surface area (Å²) in [4.78, 5) is 12.5. The average Bonchev–Trinajstić information content (AvgIpc) is 2.83. The van der Waals surface area contributed by atoms with E-state index < -0.39 is 0 Å². The van der Waals surface area contributed by atoms with Gasteiger partial charge in [0, 0.05) is 0 Å². The van der Waals surface area contributed by atoms with Gasteiger partial charge in [-0.05, 0) is 0 Å². The van der Waals surface area contributed by atoms with Crippen molar-refractivity contribution in [2.75, 3.05) is 5.88 Å². The van der Waals surface area contributed by atoms with Gasteiger partial charge in [-0.1, -0.05) is 0 Å². The Morgan fingerprint density at radius 2 is 2.11 bits per heavy atom. The summed E-state index contributed by atoms with van der Waals surface area (Å²) in [5.41, 5.74) is -0.0720. The van der Waals surface area contributed by atoms with Crippen molar-refractivity contribution in [1.29, 1.82) is 0 Å². The Morgan fingerprint density at radius 1 is 1.37 bits per heavy atom. The van der Waals surface area contributed by atoms with E-state index in [1.165, 1.54) is 10.9 Å². The van der Waals surface area contributed by atoms with Gasteiger partial charge in [-0.3, -0.25) is 0 Å². The van der Waals surface area contributed by atoms with Crippen LogP contribution in [-0.2, 0) is 4.79 Å². The van der Waals surface area contributed by atoms with Crippen LogP contribution in [0.5, 0.6) is 0 Å². The zero-order valence-electron chi connectivity index (χ0n) is 11.2. The van der Waals surface area contributed by atoms with E-state index in [9.17, 15) is 4.79 Å². The second-order valence-corrected chi connectivity index (χ2v) is 8.57. The summed E-state index contributed by atoms with van der Waals surface area (Å²) in [7, 11) is 0. The molecule has 2 aliphatic carbocycles. The molecule has 3 rings (SSSR count). The molecule has 0 aliphatic heterocycles. The zero-order valence-corrected chi connectivity index (χ0v) is 13.7. The van der Waals surface area contributed by atoms with Gasteiger partial charge in [-0.2, -0.15) is 0 Å². The third-order valence-corrected chi connectivity index (χ3v) is 8.55. The number of benzene rings is 1. The summed E-state index contributed by atoms with van der Waals surface area (Å²) in [6, 6.07) is 10.6. The number of fused-ring (bicyclic) bond motifs is 2. The number of Topliss-reactive ketones (excluding diaryl/α,β-unsaturated/α-hetero) is 1. The molecule has 0 saturated heterocycles. The molecule has 2 aliphatic rings. The van der Waals surface area contributed by atoms with Crippen LogP contribution in [0.25, 0.3) is 0 Å². The first kappa shape index (κ1) is 13.7. The van der Waals surface area contributed by atoms with Crippen molar-refractivity contribution in [2.24, 2.45) is 16.7 Å². The number of ketones is 1. The van der Waals surface area contributed by atoms with E-state index in [0.29, 0.717) is 32.5 Å². The summed E-state index contributed by atoms with van der Waals surface area (Å²) in [6.07, 6.45) is 3.03. The van der Waals surface area contributed by atoms with Gasteiger partial charge in [0.05, 0.1) is 0 Å². The van der Waals surface area contributed by atoms with Gasteiger partial charge in [-0.15, -0.1) is 0 Å². The fourth-order valence-corrected chi connectivity index (χ4v) is 7.30. The Bertz CT molecular complexity index is 489. The SMILES string of the molecule is CC1(CCl)[C@@H]2CC[C@@]1(C[Se]c1ccccc1)C(=O)C2. The second-order valence-electron chi connectivity index (χ2n) is 6.10. The van der Waals surface area contributed by atoms with E-state index in [0.717, 1.165) is 18.2 Å². The van der Waals surface area contributed by atoms with E-state index in [4.69, 9.17) is 11.6 Å². The number of rotatable bonds is 4. The second kappa shape index (κ2) is 4.91. The summed E-state index contributed by atoms with van der Waals surface area (Å²) in [6.45, 7) is 2.25. The van der Waals surface area contributed by atoms with E-state index in [-0.39, 0.29) is 10.8 Å². The molecule has 1 unspecified atom stereocenters. The van der Waals surface area contributed by atoms with Crippen LogP contribution in [0.15, 0.2) is 30.3 Å². The number of hydrogen-bond acceptors (Lipinski definition) is 1. The Balaban J connectivity index is 1.83. The van der Waals surface area contributed by atoms with Crippen molar-refractivity contribution in [3.8, 4) is 0 Å². The van der Waals surface area contributed by atoms with Crippen molar-refractivity contribution in [1.82, 2.24) is 0 Å². The quantitative estimate of drug-likeness (QED) is 0.608. The molecule has 0 aromatic heterocycles. The van der Waals surface area contributed by atoms with Crippen molar-refractivity contribution >= 4 is 36.8 Å². The van der Waals surface area contributed by atoms with Crippen LogP contribution in [0, 0.1) is 16.7 Å². The standard InChI is InChI=1S/C16H19ClOSe/c1-15(10-17)12-7-8-16(15,14(18)9-12)11-19-13-5-3-2-4-6-13/h2-6,12H,7-11H2,1H3/t12-,15?,16-/m1/s1. The molecule has 102 valence electrons. The summed E-state index contributed by atoms with van der Waals surface area (Å²) < 4.78 is 1.39. The summed E-state index contributed by atoms with van der Waals surface area (Å²) >= 11 is 6.65. The van der Waals surface area contributed by atoms with Gasteiger partial charge < -0.3 is 0 Å². The number of alkyl halides is 1. The molecule has 0 radical (unpaired) electrons. The minimum absolute atomic E-state index is 0.0438. The molecule has 0 amide bonds. The third-order valence-electron chi connectivity index (χ3n) is 5.39. The average molecular weight is 342 g/mol. The van der Waals surface area contributed by atoms with Crippen LogP contribution in [-0.4, -0.2) is 26.6 Å². The Hall–Kier alpha value is -0.301. The minimum atomic E-state index is -0.116. The van der Waals surface area contributed by atoms with Crippen molar-refractivity contribution < 1.29 is 4.79 Å². The van der Waals surface area contributed by atoms with Crippen molar-refractivity contribution in [2.45, 2.75) is 31.5 Å². The molecule has 19 heavy (non-hydrogen) atoms. The number of hydrogen-bond donors (Lipinski definition) is 0. The van der Waals surface area contributed by atoms with Crippen molar-refractivity contribution in [3.63, 3.8) is 0 Å². The number of carbonyl (C=O) groups excluding carboxylic acids is 1. The van der Waals surface area contributed by atoms with Crippen molar-refractivity contribution in [3.05, 3.63) is 30.3 Å².